The van der Waals surface area contributed by atoms with Gasteiger partial charge >= 0.3 is 0 Å². The molecule has 0 radical (unpaired) electrons. The topological polar surface area (TPSA) is 19.0 Å². The van der Waals surface area contributed by atoms with E-state index in [-0.39, 0.29) is 0 Å². The average Bonchev–Trinajstić information content (AvgIpc) is 2.79. The van der Waals surface area contributed by atoms with E-state index in [0.29, 0.717) is 12.0 Å². The molecular weight excluding hydrogens is 232 g/mol. The first-order chi connectivity index (χ1) is 9.10. The largest absolute Gasteiger partial charge is 0.358 e. The van der Waals surface area contributed by atoms with Crippen molar-refractivity contribution in [2.24, 2.45) is 0 Å². The summed E-state index contributed by atoms with van der Waals surface area (Å²) in [6.07, 6.45) is 0. The molecule has 1 heterocycles. The van der Waals surface area contributed by atoms with E-state index in [4.69, 9.17) is 0 Å². The molecule has 2 aromatic rings. The van der Waals surface area contributed by atoms with Gasteiger partial charge in [0, 0.05) is 22.6 Å². The van der Waals surface area contributed by atoms with Gasteiger partial charge in [0.05, 0.1) is 0 Å². The lowest BCUT2D eigenvalue weighted by Gasteiger charge is -2.28. The molecule has 2 rings (SSSR count). The first-order valence-electron chi connectivity index (χ1n) is 7.44. The van der Waals surface area contributed by atoms with Crippen molar-refractivity contribution in [3.63, 3.8) is 0 Å². The summed E-state index contributed by atoms with van der Waals surface area (Å²) in [5.74, 6) is 0.528. The van der Waals surface area contributed by atoms with Gasteiger partial charge in [0.25, 0.3) is 0 Å². The number of rotatable bonds is 5. The zero-order valence-corrected chi connectivity index (χ0v) is 12.8. The maximum Gasteiger partial charge on any atom is 0.0459 e. The Kier molecular flexibility index (Phi) is 4.31. The summed E-state index contributed by atoms with van der Waals surface area (Å²) < 4.78 is 0. The van der Waals surface area contributed by atoms with Crippen LogP contribution < -0.4 is 0 Å². The number of para-hydroxylation sites is 1. The third-order valence-corrected chi connectivity index (χ3v) is 4.13. The molecule has 2 heteroatoms. The van der Waals surface area contributed by atoms with Gasteiger partial charge in [-0.05, 0) is 37.6 Å². The van der Waals surface area contributed by atoms with Crippen molar-refractivity contribution in [1.29, 1.82) is 0 Å². The number of hydrogen-bond donors (Lipinski definition) is 1. The summed E-state index contributed by atoms with van der Waals surface area (Å²) in [5.41, 5.74) is 4.13. The molecule has 0 aliphatic rings. The number of nitrogens with one attached hydrogen (secondary N) is 1. The minimum absolute atomic E-state index is 0.462. The van der Waals surface area contributed by atoms with Crippen LogP contribution in [0, 0.1) is 0 Å². The molecule has 0 aliphatic heterocycles. The minimum atomic E-state index is 0.462. The van der Waals surface area contributed by atoms with E-state index >= 15 is 0 Å². The number of benzene rings is 1. The van der Waals surface area contributed by atoms with E-state index in [1.54, 1.807) is 0 Å². The van der Waals surface area contributed by atoms with Crippen LogP contribution in [0.4, 0.5) is 0 Å². The van der Waals surface area contributed by atoms with E-state index in [0.717, 1.165) is 13.1 Å². The van der Waals surface area contributed by atoms with Crippen LogP contribution in [-0.2, 0) is 0 Å². The van der Waals surface area contributed by atoms with Gasteiger partial charge in [-0.25, -0.2) is 0 Å². The van der Waals surface area contributed by atoms with Crippen LogP contribution in [0.5, 0.6) is 0 Å². The van der Waals surface area contributed by atoms with Crippen molar-refractivity contribution >= 4 is 10.9 Å². The fourth-order valence-corrected chi connectivity index (χ4v) is 3.04. The zero-order chi connectivity index (χ0) is 14.0. The van der Waals surface area contributed by atoms with Crippen molar-refractivity contribution < 1.29 is 0 Å². The highest BCUT2D eigenvalue weighted by atomic mass is 15.1. The normalized spacial score (nSPS) is 13.6. The summed E-state index contributed by atoms with van der Waals surface area (Å²) in [6, 6.07) is 9.13. The molecule has 2 nitrogen and oxygen atoms in total. The Bertz CT molecular complexity index is 535. The number of nitrogens with zero attached hydrogens (tertiary/aromatic N) is 1. The highest BCUT2D eigenvalue weighted by molar-refractivity contribution is 5.85. The van der Waals surface area contributed by atoms with Crippen LogP contribution in [0.3, 0.4) is 0 Å². The van der Waals surface area contributed by atoms with Gasteiger partial charge in [-0.1, -0.05) is 45.9 Å². The fourth-order valence-electron chi connectivity index (χ4n) is 3.04. The van der Waals surface area contributed by atoms with Crippen LogP contribution in [-0.4, -0.2) is 23.0 Å². The van der Waals surface area contributed by atoms with E-state index in [9.17, 15) is 0 Å². The molecule has 19 heavy (non-hydrogen) atoms. The third-order valence-electron chi connectivity index (χ3n) is 4.13. The Labute approximate surface area is 116 Å². The summed E-state index contributed by atoms with van der Waals surface area (Å²) in [4.78, 5) is 6.14. The predicted octanol–water partition coefficient (Wildman–Crippen LogP) is 4.69. The SMILES string of the molecule is CCN(CC)C(C)c1c(C(C)C)[nH]c2ccccc12. The average molecular weight is 258 g/mol. The van der Waals surface area contributed by atoms with Crippen LogP contribution in [0.25, 0.3) is 10.9 Å². The smallest absolute Gasteiger partial charge is 0.0459 e. The highest BCUT2D eigenvalue weighted by Crippen LogP contribution is 2.34. The monoisotopic (exact) mass is 258 g/mol. The first kappa shape index (κ1) is 14.1. The van der Waals surface area contributed by atoms with Crippen molar-refractivity contribution in [2.45, 2.75) is 46.6 Å². The molecule has 0 saturated carbocycles. The molecule has 1 N–H and O–H groups in total. The predicted molar refractivity (Wildman–Crippen MR) is 83.7 cm³/mol. The van der Waals surface area contributed by atoms with Crippen LogP contribution in [0.15, 0.2) is 24.3 Å². The van der Waals surface area contributed by atoms with E-state index in [1.807, 2.05) is 0 Å². The van der Waals surface area contributed by atoms with Gasteiger partial charge in [0.15, 0.2) is 0 Å². The van der Waals surface area contributed by atoms with Gasteiger partial charge in [-0.15, -0.1) is 0 Å². The van der Waals surface area contributed by atoms with Crippen molar-refractivity contribution in [3.05, 3.63) is 35.5 Å². The third kappa shape index (κ3) is 2.55. The minimum Gasteiger partial charge on any atom is -0.358 e. The highest BCUT2D eigenvalue weighted by Gasteiger charge is 2.22. The van der Waals surface area contributed by atoms with Gasteiger partial charge in [-0.3, -0.25) is 4.90 Å². The second-order valence-corrected chi connectivity index (χ2v) is 5.55. The quantitative estimate of drug-likeness (QED) is 0.824. The molecule has 1 aromatic heterocycles. The lowest BCUT2D eigenvalue weighted by atomic mass is 9.97. The molecule has 1 unspecified atom stereocenters. The van der Waals surface area contributed by atoms with Crippen LogP contribution in [0.1, 0.15) is 57.8 Å². The molecule has 0 fully saturated rings. The molecule has 0 spiro atoms. The number of aromatic amines is 1. The summed E-state index contributed by atoms with van der Waals surface area (Å²) in [6.45, 7) is 13.5. The fraction of sp³-hybridized carbons (Fsp3) is 0.529. The summed E-state index contributed by atoms with van der Waals surface area (Å²) in [7, 11) is 0. The Morgan fingerprint density at radius 1 is 1.05 bits per heavy atom. The molecule has 1 aromatic carbocycles. The van der Waals surface area contributed by atoms with Gasteiger partial charge in [0.2, 0.25) is 0 Å². The van der Waals surface area contributed by atoms with Gasteiger partial charge in [0.1, 0.15) is 0 Å². The Hall–Kier alpha value is -1.28. The zero-order valence-electron chi connectivity index (χ0n) is 12.8. The Balaban J connectivity index is 2.58. The van der Waals surface area contributed by atoms with Crippen LogP contribution in [0.2, 0.25) is 0 Å². The van der Waals surface area contributed by atoms with Crippen LogP contribution >= 0.6 is 0 Å². The lowest BCUT2D eigenvalue weighted by Crippen LogP contribution is -2.27. The van der Waals surface area contributed by atoms with E-state index < -0.39 is 0 Å². The van der Waals surface area contributed by atoms with Crippen molar-refractivity contribution in [2.75, 3.05) is 13.1 Å². The number of fused-ring (bicyclic) bond motifs is 1. The first-order valence-corrected chi connectivity index (χ1v) is 7.44. The molecule has 104 valence electrons. The molecule has 0 aliphatic carbocycles. The molecular formula is C17H26N2. The maximum atomic E-state index is 3.62. The number of aromatic nitrogens is 1. The summed E-state index contributed by atoms with van der Waals surface area (Å²) in [5, 5.41) is 1.38. The van der Waals surface area contributed by atoms with Gasteiger partial charge in [-0.2, -0.15) is 0 Å². The molecule has 0 saturated heterocycles. The second-order valence-electron chi connectivity index (χ2n) is 5.55. The molecule has 0 bridgehead atoms. The standard InChI is InChI=1S/C17H26N2/c1-6-19(7-2)13(5)16-14-10-8-9-11-15(14)18-17(16)12(3)4/h8-13,18H,6-7H2,1-5H3. The maximum absolute atomic E-state index is 3.62. The summed E-state index contributed by atoms with van der Waals surface area (Å²) >= 11 is 0. The number of H-pyrrole nitrogens is 1. The number of hydrogen-bond acceptors (Lipinski definition) is 1. The Morgan fingerprint density at radius 2 is 1.68 bits per heavy atom. The molecule has 0 amide bonds. The Morgan fingerprint density at radius 3 is 2.26 bits per heavy atom. The van der Waals surface area contributed by atoms with E-state index in [1.165, 1.54) is 22.2 Å². The lowest BCUT2D eigenvalue weighted by molar-refractivity contribution is 0.234. The van der Waals surface area contributed by atoms with Crippen molar-refractivity contribution in [1.82, 2.24) is 9.88 Å². The molecule has 1 atom stereocenters. The van der Waals surface area contributed by atoms with Crippen molar-refractivity contribution in [3.8, 4) is 0 Å². The van der Waals surface area contributed by atoms with E-state index in [2.05, 4.69) is 68.8 Å². The second kappa shape index (κ2) is 5.79. The van der Waals surface area contributed by atoms with Gasteiger partial charge < -0.3 is 4.98 Å².